The summed E-state index contributed by atoms with van der Waals surface area (Å²) in [4.78, 5) is 40.8. The third-order valence-corrected chi connectivity index (χ3v) is 4.96. The van der Waals surface area contributed by atoms with E-state index in [0.29, 0.717) is 34.6 Å². The maximum atomic E-state index is 13.3. The summed E-state index contributed by atoms with van der Waals surface area (Å²) in [5.41, 5.74) is 0.103. The smallest absolute Gasteiger partial charge is 0.349 e. The molecule has 0 N–H and O–H groups in total. The fourth-order valence-electron chi connectivity index (χ4n) is 3.29. The number of hydrogen-bond donors (Lipinski definition) is 0. The molecule has 0 aliphatic carbocycles. The molecule has 1 aliphatic rings. The topological polar surface area (TPSA) is 70.8 Å². The number of hydrogen-bond acceptors (Lipinski definition) is 4. The molecular formula is C21H17ClN2O4. The average molecular weight is 397 g/mol. The summed E-state index contributed by atoms with van der Waals surface area (Å²) in [6.45, 7) is 0.611. The molecule has 28 heavy (non-hydrogen) atoms. The van der Waals surface area contributed by atoms with Gasteiger partial charge in [0.2, 0.25) is 5.91 Å². The molecule has 1 saturated heterocycles. The average Bonchev–Trinajstić information content (AvgIpc) is 3.09. The van der Waals surface area contributed by atoms with Crippen LogP contribution in [0.1, 0.15) is 23.2 Å². The van der Waals surface area contributed by atoms with E-state index in [0.717, 1.165) is 6.42 Å². The number of halogens is 1. The van der Waals surface area contributed by atoms with Crippen LogP contribution < -0.4 is 10.5 Å². The lowest BCUT2D eigenvalue weighted by atomic mass is 10.1. The van der Waals surface area contributed by atoms with E-state index in [1.807, 2.05) is 0 Å². The third-order valence-electron chi connectivity index (χ3n) is 4.72. The Kier molecular flexibility index (Phi) is 4.88. The Balaban J connectivity index is 1.77. The number of amides is 2. The van der Waals surface area contributed by atoms with E-state index in [1.165, 1.54) is 11.0 Å². The molecule has 0 spiro atoms. The predicted octanol–water partition coefficient (Wildman–Crippen LogP) is 3.67. The van der Waals surface area contributed by atoms with Gasteiger partial charge in [-0.05, 0) is 36.8 Å². The van der Waals surface area contributed by atoms with Crippen LogP contribution in [0.5, 0.6) is 0 Å². The Hall–Kier alpha value is -3.12. The van der Waals surface area contributed by atoms with E-state index >= 15 is 0 Å². The standard InChI is InChI=1S/C21H17ClN2O4/c22-15-6-3-7-16(12-15)24(13-23-10-4-9-19(23)25)20(26)17-11-14-5-1-2-8-18(14)28-21(17)27/h1-3,5-8,11-12H,4,9-10,13H2. The van der Waals surface area contributed by atoms with Gasteiger partial charge < -0.3 is 9.32 Å². The van der Waals surface area contributed by atoms with Crippen molar-refractivity contribution in [1.82, 2.24) is 4.90 Å². The van der Waals surface area contributed by atoms with E-state index < -0.39 is 11.5 Å². The minimum Gasteiger partial charge on any atom is -0.422 e. The van der Waals surface area contributed by atoms with Crippen LogP contribution in [-0.4, -0.2) is 29.9 Å². The zero-order valence-corrected chi connectivity index (χ0v) is 15.7. The van der Waals surface area contributed by atoms with E-state index in [9.17, 15) is 14.4 Å². The first-order valence-electron chi connectivity index (χ1n) is 8.91. The number of likely N-dealkylation sites (tertiary alicyclic amines) is 1. The Bertz CT molecular complexity index is 1120. The molecule has 4 rings (SSSR count). The minimum atomic E-state index is -0.719. The van der Waals surface area contributed by atoms with Crippen LogP contribution in [0.4, 0.5) is 5.69 Å². The Morgan fingerprint density at radius 3 is 2.68 bits per heavy atom. The summed E-state index contributed by atoms with van der Waals surface area (Å²) in [5, 5.41) is 1.10. The lowest BCUT2D eigenvalue weighted by Gasteiger charge is -2.28. The summed E-state index contributed by atoms with van der Waals surface area (Å²) in [7, 11) is 0. The van der Waals surface area contributed by atoms with Crippen LogP contribution in [0, 0.1) is 0 Å². The van der Waals surface area contributed by atoms with Gasteiger partial charge in [0.05, 0.1) is 0 Å². The molecule has 2 heterocycles. The second kappa shape index (κ2) is 7.48. The van der Waals surface area contributed by atoms with Gasteiger partial charge in [0.15, 0.2) is 0 Å². The van der Waals surface area contributed by atoms with E-state index in [2.05, 4.69) is 0 Å². The van der Waals surface area contributed by atoms with E-state index in [4.69, 9.17) is 16.0 Å². The highest BCUT2D eigenvalue weighted by Gasteiger charge is 2.28. The lowest BCUT2D eigenvalue weighted by molar-refractivity contribution is -0.127. The largest absolute Gasteiger partial charge is 0.422 e. The summed E-state index contributed by atoms with van der Waals surface area (Å²) in [6, 6.07) is 15.3. The number of fused-ring (bicyclic) bond motifs is 1. The van der Waals surface area contributed by atoms with Crippen molar-refractivity contribution in [3.8, 4) is 0 Å². The van der Waals surface area contributed by atoms with Gasteiger partial charge in [-0.15, -0.1) is 0 Å². The van der Waals surface area contributed by atoms with Crippen molar-refractivity contribution in [2.75, 3.05) is 18.1 Å². The van der Waals surface area contributed by atoms with Gasteiger partial charge in [-0.2, -0.15) is 0 Å². The molecule has 0 atom stereocenters. The molecule has 0 saturated carbocycles. The normalized spacial score (nSPS) is 13.9. The van der Waals surface area contributed by atoms with Crippen LogP contribution in [0.15, 0.2) is 63.8 Å². The van der Waals surface area contributed by atoms with Gasteiger partial charge in [-0.3, -0.25) is 14.5 Å². The SMILES string of the molecule is O=C1CCCN1CN(C(=O)c1cc2ccccc2oc1=O)c1cccc(Cl)c1. The van der Waals surface area contributed by atoms with Crippen molar-refractivity contribution in [3.05, 3.63) is 75.6 Å². The zero-order chi connectivity index (χ0) is 19.7. The van der Waals surface area contributed by atoms with Crippen molar-refractivity contribution >= 4 is 40.1 Å². The number of carbonyl (C=O) groups excluding carboxylic acids is 2. The van der Waals surface area contributed by atoms with Gasteiger partial charge in [-0.25, -0.2) is 4.79 Å². The highest BCUT2D eigenvalue weighted by Crippen LogP contribution is 2.23. The van der Waals surface area contributed by atoms with Gasteiger partial charge in [-0.1, -0.05) is 35.9 Å². The molecular weight excluding hydrogens is 380 g/mol. The first-order chi connectivity index (χ1) is 13.5. The highest BCUT2D eigenvalue weighted by atomic mass is 35.5. The first kappa shape index (κ1) is 18.3. The number of carbonyl (C=O) groups is 2. The van der Waals surface area contributed by atoms with Crippen molar-refractivity contribution in [1.29, 1.82) is 0 Å². The molecule has 1 aromatic heterocycles. The molecule has 0 unspecified atom stereocenters. The number of anilines is 1. The Morgan fingerprint density at radius 1 is 1.11 bits per heavy atom. The Labute approximate surface area is 165 Å². The van der Waals surface area contributed by atoms with Crippen molar-refractivity contribution in [3.63, 3.8) is 0 Å². The van der Waals surface area contributed by atoms with E-state index in [1.54, 1.807) is 53.4 Å². The van der Waals surface area contributed by atoms with Crippen LogP contribution in [0.25, 0.3) is 11.0 Å². The number of rotatable bonds is 4. The molecule has 1 fully saturated rings. The molecule has 2 amide bonds. The number of para-hydroxylation sites is 1. The lowest BCUT2D eigenvalue weighted by Crippen LogP contribution is -2.43. The minimum absolute atomic E-state index is 0.0228. The number of nitrogens with zero attached hydrogens (tertiary/aromatic N) is 2. The maximum absolute atomic E-state index is 13.3. The summed E-state index contributed by atoms with van der Waals surface area (Å²) in [5.74, 6) is -0.563. The molecule has 2 aromatic carbocycles. The third kappa shape index (κ3) is 3.51. The predicted molar refractivity (Wildman–Crippen MR) is 107 cm³/mol. The molecule has 3 aromatic rings. The summed E-state index contributed by atoms with van der Waals surface area (Å²) in [6.07, 6.45) is 1.20. The Morgan fingerprint density at radius 2 is 1.93 bits per heavy atom. The first-order valence-corrected chi connectivity index (χ1v) is 9.29. The van der Waals surface area contributed by atoms with Gasteiger partial charge in [0.1, 0.15) is 17.8 Å². The summed E-state index contributed by atoms with van der Waals surface area (Å²) >= 11 is 6.10. The molecule has 7 heteroatoms. The second-order valence-electron chi connectivity index (χ2n) is 6.60. The highest BCUT2D eigenvalue weighted by molar-refractivity contribution is 6.31. The van der Waals surface area contributed by atoms with Crippen molar-refractivity contribution in [2.24, 2.45) is 0 Å². The summed E-state index contributed by atoms with van der Waals surface area (Å²) < 4.78 is 5.31. The fourth-order valence-corrected chi connectivity index (χ4v) is 3.47. The molecule has 1 aliphatic heterocycles. The fraction of sp³-hybridized carbons (Fsp3) is 0.190. The molecule has 0 radical (unpaired) electrons. The monoisotopic (exact) mass is 396 g/mol. The number of benzene rings is 2. The van der Waals surface area contributed by atoms with Crippen LogP contribution in [0.2, 0.25) is 5.02 Å². The van der Waals surface area contributed by atoms with Crippen molar-refractivity contribution in [2.45, 2.75) is 12.8 Å². The van der Waals surface area contributed by atoms with Crippen LogP contribution in [0.3, 0.4) is 0 Å². The van der Waals surface area contributed by atoms with Gasteiger partial charge in [0, 0.05) is 29.1 Å². The zero-order valence-electron chi connectivity index (χ0n) is 14.9. The molecule has 0 bridgehead atoms. The molecule has 142 valence electrons. The van der Waals surface area contributed by atoms with Gasteiger partial charge in [0.25, 0.3) is 5.91 Å². The quantitative estimate of drug-likeness (QED) is 0.631. The second-order valence-corrected chi connectivity index (χ2v) is 7.04. The maximum Gasteiger partial charge on any atom is 0.349 e. The van der Waals surface area contributed by atoms with Crippen LogP contribution in [-0.2, 0) is 4.79 Å². The van der Waals surface area contributed by atoms with Crippen molar-refractivity contribution < 1.29 is 14.0 Å². The van der Waals surface area contributed by atoms with Gasteiger partial charge >= 0.3 is 5.63 Å². The molecule has 6 nitrogen and oxygen atoms in total. The van der Waals surface area contributed by atoms with Crippen LogP contribution >= 0.6 is 11.6 Å². The van der Waals surface area contributed by atoms with E-state index in [-0.39, 0.29) is 18.1 Å².